The van der Waals surface area contributed by atoms with Crippen molar-refractivity contribution in [1.82, 2.24) is 10.3 Å². The molecule has 0 bridgehead atoms. The van der Waals surface area contributed by atoms with E-state index in [1.54, 1.807) is 6.20 Å². The summed E-state index contributed by atoms with van der Waals surface area (Å²) in [7, 11) is 0. The van der Waals surface area contributed by atoms with Gasteiger partial charge in [0.05, 0.1) is 23.4 Å². The van der Waals surface area contributed by atoms with E-state index >= 15 is 0 Å². The van der Waals surface area contributed by atoms with Gasteiger partial charge in [0.25, 0.3) is 5.91 Å². The zero-order chi connectivity index (χ0) is 17.0. The monoisotopic (exact) mass is 332 g/mol. The molecule has 0 spiro atoms. The molecular weight excluding hydrogens is 308 g/mol. The van der Waals surface area contributed by atoms with Crippen LogP contribution in [0.4, 0.5) is 0 Å². The van der Waals surface area contributed by atoms with E-state index in [1.807, 2.05) is 37.3 Å². The topological polar surface area (TPSA) is 62.2 Å². The second kappa shape index (κ2) is 7.23. The summed E-state index contributed by atoms with van der Waals surface area (Å²) in [6.45, 7) is 8.02. The van der Waals surface area contributed by atoms with Crippen molar-refractivity contribution >= 4 is 17.2 Å². The predicted molar refractivity (Wildman–Crippen MR) is 93.9 cm³/mol. The molecule has 23 heavy (non-hydrogen) atoms. The quantitative estimate of drug-likeness (QED) is 0.884. The smallest absolute Gasteiger partial charge is 0.263 e. The molecule has 1 aromatic heterocycles. The van der Waals surface area contributed by atoms with Gasteiger partial charge in [0, 0.05) is 11.8 Å². The van der Waals surface area contributed by atoms with Gasteiger partial charge in [0.1, 0.15) is 4.88 Å². The maximum absolute atomic E-state index is 12.3. The van der Waals surface area contributed by atoms with Gasteiger partial charge in [-0.05, 0) is 12.5 Å². The third kappa shape index (κ3) is 4.88. The number of rotatable bonds is 5. The average Bonchev–Trinajstić information content (AvgIpc) is 2.98. The predicted octanol–water partition coefficient (Wildman–Crippen LogP) is 3.16. The first-order chi connectivity index (χ1) is 10.8. The lowest BCUT2D eigenvalue weighted by atomic mass is 9.98. The number of aliphatic hydroxyl groups excluding tert-OH is 1. The molecule has 0 saturated heterocycles. The van der Waals surface area contributed by atoms with Crippen molar-refractivity contribution in [2.24, 2.45) is 0 Å². The molecule has 0 radical (unpaired) electrons. The normalized spacial score (nSPS) is 14.3. The van der Waals surface area contributed by atoms with E-state index in [9.17, 15) is 9.90 Å². The fourth-order valence-electron chi connectivity index (χ4n) is 2.13. The van der Waals surface area contributed by atoms with Crippen LogP contribution in [0.2, 0.25) is 0 Å². The third-order valence-electron chi connectivity index (χ3n) is 3.59. The molecule has 1 heterocycles. The highest BCUT2D eigenvalue weighted by atomic mass is 32.1. The first kappa shape index (κ1) is 17.6. The number of aromatic nitrogens is 1. The van der Waals surface area contributed by atoms with Crippen molar-refractivity contribution in [3.05, 3.63) is 52.0 Å². The first-order valence-electron chi connectivity index (χ1n) is 7.76. The largest absolute Gasteiger partial charge is 0.391 e. The summed E-state index contributed by atoms with van der Waals surface area (Å²) in [5, 5.41) is 14.1. The maximum Gasteiger partial charge on any atom is 0.263 e. The Morgan fingerprint density at radius 3 is 2.52 bits per heavy atom. The molecular formula is C18H24N2O2S. The van der Waals surface area contributed by atoms with Crippen molar-refractivity contribution in [2.45, 2.75) is 51.7 Å². The van der Waals surface area contributed by atoms with E-state index in [4.69, 9.17) is 0 Å². The van der Waals surface area contributed by atoms with Crippen molar-refractivity contribution < 1.29 is 9.90 Å². The minimum atomic E-state index is -0.628. The van der Waals surface area contributed by atoms with Gasteiger partial charge >= 0.3 is 0 Å². The van der Waals surface area contributed by atoms with Gasteiger partial charge < -0.3 is 10.4 Å². The Hall–Kier alpha value is -1.72. The summed E-state index contributed by atoms with van der Waals surface area (Å²) in [5.74, 6) is -0.183. The van der Waals surface area contributed by atoms with Crippen LogP contribution in [0.25, 0.3) is 0 Å². The number of nitrogens with zero attached hydrogens (tertiary/aromatic N) is 1. The van der Waals surface area contributed by atoms with Crippen molar-refractivity contribution in [2.75, 3.05) is 0 Å². The third-order valence-corrected chi connectivity index (χ3v) is 5.02. The maximum atomic E-state index is 12.3. The van der Waals surface area contributed by atoms with Crippen LogP contribution in [-0.4, -0.2) is 28.1 Å². The van der Waals surface area contributed by atoms with E-state index in [2.05, 4.69) is 31.1 Å². The summed E-state index contributed by atoms with van der Waals surface area (Å²) >= 11 is 1.40. The zero-order valence-corrected chi connectivity index (χ0v) is 14.9. The summed E-state index contributed by atoms with van der Waals surface area (Å²) in [6, 6.07) is 9.43. The van der Waals surface area contributed by atoms with Crippen LogP contribution < -0.4 is 5.32 Å². The van der Waals surface area contributed by atoms with Crippen LogP contribution in [0.5, 0.6) is 0 Å². The molecule has 0 aliphatic heterocycles. The van der Waals surface area contributed by atoms with Crippen molar-refractivity contribution in [1.29, 1.82) is 0 Å². The fraction of sp³-hybridized carbons (Fsp3) is 0.444. The fourth-order valence-corrected chi connectivity index (χ4v) is 3.01. The molecule has 1 aromatic carbocycles. The summed E-state index contributed by atoms with van der Waals surface area (Å²) in [5.41, 5.74) is 0.982. The molecule has 124 valence electrons. The Morgan fingerprint density at radius 1 is 1.30 bits per heavy atom. The molecule has 4 nitrogen and oxygen atoms in total. The number of thiazole rings is 1. The molecule has 5 heteroatoms. The Kier molecular flexibility index (Phi) is 5.55. The molecule has 2 unspecified atom stereocenters. The standard InChI is InChI=1S/C18H24N2O2S/c1-12(14(21)10-13-8-6-5-7-9-13)20-16(22)15-11-19-17(23-15)18(2,3)4/h5-9,11-12,14,21H,10H2,1-4H3,(H,20,22). The number of benzene rings is 1. The molecule has 0 fully saturated rings. The van der Waals surface area contributed by atoms with Gasteiger partial charge in [-0.1, -0.05) is 51.1 Å². The van der Waals surface area contributed by atoms with E-state index in [1.165, 1.54) is 11.3 Å². The number of hydrogen-bond acceptors (Lipinski definition) is 4. The van der Waals surface area contributed by atoms with Crippen LogP contribution in [-0.2, 0) is 11.8 Å². The van der Waals surface area contributed by atoms with Gasteiger partial charge in [0.15, 0.2) is 0 Å². The van der Waals surface area contributed by atoms with Gasteiger partial charge in [0.2, 0.25) is 0 Å². The molecule has 0 aliphatic carbocycles. The van der Waals surface area contributed by atoms with Gasteiger partial charge in [-0.15, -0.1) is 11.3 Å². The lowest BCUT2D eigenvalue weighted by molar-refractivity contribution is 0.0855. The Balaban J connectivity index is 1.95. The Labute approximate surface area is 141 Å². The molecule has 0 aliphatic rings. The van der Waals surface area contributed by atoms with Gasteiger partial charge in [-0.3, -0.25) is 4.79 Å². The SMILES string of the molecule is CC(NC(=O)c1cnc(C(C)(C)C)s1)C(O)Cc1ccccc1. The Bertz CT molecular complexity index is 647. The number of amides is 1. The molecule has 2 atom stereocenters. The lowest BCUT2D eigenvalue weighted by Gasteiger charge is -2.20. The minimum absolute atomic E-state index is 0.0678. The molecule has 2 N–H and O–H groups in total. The summed E-state index contributed by atoms with van der Waals surface area (Å²) in [6.07, 6.45) is 1.49. The van der Waals surface area contributed by atoms with Gasteiger partial charge in [-0.25, -0.2) is 4.98 Å². The first-order valence-corrected chi connectivity index (χ1v) is 8.58. The van der Waals surface area contributed by atoms with E-state index in [0.29, 0.717) is 11.3 Å². The summed E-state index contributed by atoms with van der Waals surface area (Å²) in [4.78, 5) is 17.2. The number of carbonyl (C=O) groups excluding carboxylic acids is 1. The highest BCUT2D eigenvalue weighted by molar-refractivity contribution is 7.13. The van der Waals surface area contributed by atoms with Crippen molar-refractivity contribution in [3.8, 4) is 0 Å². The Morgan fingerprint density at radius 2 is 1.96 bits per heavy atom. The number of aliphatic hydroxyl groups is 1. The van der Waals surface area contributed by atoms with Gasteiger partial charge in [-0.2, -0.15) is 0 Å². The van der Waals surface area contributed by atoms with E-state index in [0.717, 1.165) is 10.6 Å². The van der Waals surface area contributed by atoms with Crippen molar-refractivity contribution in [3.63, 3.8) is 0 Å². The second-order valence-corrected chi connectivity index (χ2v) is 7.83. The highest BCUT2D eigenvalue weighted by Crippen LogP contribution is 2.26. The highest BCUT2D eigenvalue weighted by Gasteiger charge is 2.22. The van der Waals surface area contributed by atoms with Crippen LogP contribution in [0.3, 0.4) is 0 Å². The van der Waals surface area contributed by atoms with Crippen LogP contribution in [0, 0.1) is 0 Å². The molecule has 0 saturated carbocycles. The molecule has 1 amide bonds. The average molecular weight is 332 g/mol. The lowest BCUT2D eigenvalue weighted by Crippen LogP contribution is -2.41. The second-order valence-electron chi connectivity index (χ2n) is 6.80. The zero-order valence-electron chi connectivity index (χ0n) is 14.0. The summed E-state index contributed by atoms with van der Waals surface area (Å²) < 4.78 is 0. The van der Waals surface area contributed by atoms with E-state index < -0.39 is 6.10 Å². The van der Waals surface area contributed by atoms with E-state index in [-0.39, 0.29) is 17.4 Å². The van der Waals surface area contributed by atoms with Crippen LogP contribution >= 0.6 is 11.3 Å². The minimum Gasteiger partial charge on any atom is -0.391 e. The number of hydrogen-bond donors (Lipinski definition) is 2. The van der Waals surface area contributed by atoms with Crippen LogP contribution in [0.1, 0.15) is 47.9 Å². The number of carbonyl (C=O) groups is 1. The molecule has 2 rings (SSSR count). The molecule has 2 aromatic rings. The van der Waals surface area contributed by atoms with Crippen LogP contribution in [0.15, 0.2) is 36.5 Å². The number of nitrogens with one attached hydrogen (secondary N) is 1.